The molecule has 1 heterocycles. The fourth-order valence-corrected chi connectivity index (χ4v) is 6.07. The van der Waals surface area contributed by atoms with E-state index in [4.69, 9.17) is 0 Å². The lowest BCUT2D eigenvalue weighted by molar-refractivity contribution is -0.124. The van der Waals surface area contributed by atoms with Crippen LogP contribution in [0.5, 0.6) is 0 Å². The van der Waals surface area contributed by atoms with Crippen molar-refractivity contribution in [2.45, 2.75) is 63.2 Å². The summed E-state index contributed by atoms with van der Waals surface area (Å²) in [6.07, 6.45) is -1.47. The Kier molecular flexibility index (Phi) is 9.25. The molecule has 6 N–H and O–H groups in total. The molecule has 0 fully saturated rings. The first-order chi connectivity index (χ1) is 16.5. The highest BCUT2D eigenvalue weighted by Gasteiger charge is 2.31. The van der Waals surface area contributed by atoms with Crippen LogP contribution in [0.3, 0.4) is 0 Å². The van der Waals surface area contributed by atoms with E-state index in [1.54, 1.807) is 0 Å². The van der Waals surface area contributed by atoms with Gasteiger partial charge in [-0.1, -0.05) is 25.1 Å². The number of amides is 1. The molecule has 4 atom stereocenters. The number of carbonyl (C=O) groups is 1. The van der Waals surface area contributed by atoms with E-state index < -0.39 is 52.4 Å². The van der Waals surface area contributed by atoms with Crippen molar-refractivity contribution in [1.29, 1.82) is 0 Å². The average molecular weight is 513 g/mol. The second kappa shape index (κ2) is 11.8. The lowest BCUT2D eigenvalue weighted by Crippen LogP contribution is -2.50. The first-order valence-corrected chi connectivity index (χ1v) is 13.5. The summed E-state index contributed by atoms with van der Waals surface area (Å²) in [6.45, 7) is 3.46. The van der Waals surface area contributed by atoms with Gasteiger partial charge in [0.2, 0.25) is 5.91 Å². The van der Waals surface area contributed by atoms with Gasteiger partial charge >= 0.3 is 0 Å². The Balaban J connectivity index is 1.77. The smallest absolute Gasteiger partial charge is 0.222 e. The monoisotopic (exact) mass is 512 g/mol. The number of aliphatic hydroxyl groups is 2. The van der Waals surface area contributed by atoms with Gasteiger partial charge in [0.1, 0.15) is 11.6 Å². The predicted octanol–water partition coefficient (Wildman–Crippen LogP) is 3.28. The fraction of sp³-hybridized carbons (Fsp3) is 0.480. The number of halogens is 2. The van der Waals surface area contributed by atoms with Crippen LogP contribution in [0.25, 0.3) is 0 Å². The van der Waals surface area contributed by atoms with Crippen molar-refractivity contribution >= 4 is 16.5 Å². The largest absolute Gasteiger partial charge is 0.393 e. The number of aryl methyl sites for hydroxylation is 1. The zero-order valence-corrected chi connectivity index (χ0v) is 20.7. The lowest BCUT2D eigenvalue weighted by Gasteiger charge is -2.42. The Labute approximate surface area is 205 Å². The number of hydrogen-bond acceptors (Lipinski definition) is 6. The molecule has 35 heavy (non-hydrogen) atoms. The Morgan fingerprint density at radius 2 is 1.80 bits per heavy atom. The molecule has 194 valence electrons. The SMILES string of the molecule is CCc1ccc2c(c1)[C@@H](NC[C@@H](O)[C@H](Cc1cc(F)cc(F)c1)NC(=O)CC(C)O)CS(O)(O)C2. The molecule has 0 aromatic heterocycles. The Morgan fingerprint density at radius 3 is 2.43 bits per heavy atom. The van der Waals surface area contributed by atoms with E-state index in [1.807, 2.05) is 25.1 Å². The van der Waals surface area contributed by atoms with Crippen LogP contribution in [0.15, 0.2) is 36.4 Å². The van der Waals surface area contributed by atoms with Gasteiger partial charge in [0.25, 0.3) is 0 Å². The molecule has 0 aliphatic carbocycles. The molecule has 0 spiro atoms. The third-order valence-corrected chi connectivity index (χ3v) is 7.70. The molecule has 2 aromatic rings. The lowest BCUT2D eigenvalue weighted by atomic mass is 9.97. The van der Waals surface area contributed by atoms with E-state index >= 15 is 0 Å². The number of hydrogen-bond donors (Lipinski definition) is 6. The minimum atomic E-state index is -2.85. The maximum Gasteiger partial charge on any atom is 0.222 e. The van der Waals surface area contributed by atoms with Crippen LogP contribution >= 0.6 is 10.6 Å². The topological polar surface area (TPSA) is 122 Å². The highest BCUT2D eigenvalue weighted by atomic mass is 32.3. The van der Waals surface area contributed by atoms with Crippen molar-refractivity contribution in [1.82, 2.24) is 10.6 Å². The fourth-order valence-electron chi connectivity index (χ4n) is 4.36. The molecule has 1 aliphatic rings. The molecule has 0 bridgehead atoms. The normalized spacial score (nSPS) is 20.4. The summed E-state index contributed by atoms with van der Waals surface area (Å²) in [5, 5.41) is 26.3. The van der Waals surface area contributed by atoms with Gasteiger partial charge in [-0.2, -0.15) is 10.6 Å². The minimum absolute atomic E-state index is 0.0204. The van der Waals surface area contributed by atoms with Crippen LogP contribution in [0.2, 0.25) is 0 Å². The van der Waals surface area contributed by atoms with Gasteiger partial charge in [0, 0.05) is 12.6 Å². The highest BCUT2D eigenvalue weighted by Crippen LogP contribution is 2.50. The number of benzene rings is 2. The summed E-state index contributed by atoms with van der Waals surface area (Å²) in [5.41, 5.74) is 3.13. The molecule has 0 radical (unpaired) electrons. The van der Waals surface area contributed by atoms with Crippen molar-refractivity contribution in [3.63, 3.8) is 0 Å². The van der Waals surface area contributed by atoms with Crippen LogP contribution in [0.4, 0.5) is 8.78 Å². The molecule has 7 nitrogen and oxygen atoms in total. The molecule has 10 heteroatoms. The zero-order valence-electron chi connectivity index (χ0n) is 19.9. The molecule has 0 saturated heterocycles. The van der Waals surface area contributed by atoms with Gasteiger partial charge < -0.3 is 20.8 Å². The first kappa shape index (κ1) is 27.5. The van der Waals surface area contributed by atoms with Crippen LogP contribution in [0, 0.1) is 11.6 Å². The number of fused-ring (bicyclic) bond motifs is 1. The molecule has 1 aliphatic heterocycles. The standard InChI is InChI=1S/C25H34F2N2O5S/c1-3-16-4-5-18-13-35(33,34)14-23(21(18)9-16)28-12-24(31)22(29-25(32)6-15(2)30)10-17-7-19(26)11-20(27)8-17/h4-5,7-9,11,15,22-24,28,30-31,33-34H,3,6,10,12-14H2,1-2H3,(H,29,32)/t15?,22-,23-,24+/m0/s1. The Morgan fingerprint density at radius 1 is 1.11 bits per heavy atom. The van der Waals surface area contributed by atoms with Gasteiger partial charge in [-0.25, -0.2) is 8.78 Å². The zero-order chi connectivity index (χ0) is 25.8. The van der Waals surface area contributed by atoms with Crippen molar-refractivity contribution < 1.29 is 32.9 Å². The molecule has 1 amide bonds. The molecule has 3 rings (SSSR count). The van der Waals surface area contributed by atoms with Gasteiger partial charge in [-0.15, -0.1) is 0 Å². The van der Waals surface area contributed by atoms with E-state index in [1.165, 1.54) is 6.92 Å². The Bertz CT molecular complexity index is 1020. The average Bonchev–Trinajstić information content (AvgIpc) is 2.74. The van der Waals surface area contributed by atoms with Crippen LogP contribution in [-0.2, 0) is 23.4 Å². The van der Waals surface area contributed by atoms with Gasteiger partial charge in [-0.05, 0) is 54.2 Å². The predicted molar refractivity (Wildman–Crippen MR) is 132 cm³/mol. The number of aliphatic hydroxyl groups excluding tert-OH is 2. The quantitative estimate of drug-likeness (QED) is 0.291. The van der Waals surface area contributed by atoms with Crippen LogP contribution < -0.4 is 10.6 Å². The van der Waals surface area contributed by atoms with Gasteiger partial charge in [0.05, 0.1) is 42.2 Å². The van der Waals surface area contributed by atoms with E-state index in [-0.39, 0.29) is 36.5 Å². The summed E-state index contributed by atoms with van der Waals surface area (Å²) in [5.74, 6) is -1.77. The number of nitrogens with one attached hydrogen (secondary N) is 2. The maximum absolute atomic E-state index is 13.7. The van der Waals surface area contributed by atoms with Crippen LogP contribution in [0.1, 0.15) is 48.6 Å². The maximum atomic E-state index is 13.7. The second-order valence-corrected chi connectivity index (χ2v) is 11.5. The summed E-state index contributed by atoms with van der Waals surface area (Å²) in [6, 6.07) is 7.55. The van der Waals surface area contributed by atoms with Crippen LogP contribution in [-0.4, -0.2) is 55.8 Å². The minimum Gasteiger partial charge on any atom is -0.393 e. The summed E-state index contributed by atoms with van der Waals surface area (Å²) in [7, 11) is -2.85. The molecule has 0 saturated carbocycles. The van der Waals surface area contributed by atoms with E-state index in [2.05, 4.69) is 10.6 Å². The Hall–Kier alpha value is -2.08. The van der Waals surface area contributed by atoms with Crippen molar-refractivity contribution in [2.24, 2.45) is 0 Å². The summed E-state index contributed by atoms with van der Waals surface area (Å²) < 4.78 is 48.3. The van der Waals surface area contributed by atoms with Crippen molar-refractivity contribution in [3.8, 4) is 0 Å². The van der Waals surface area contributed by atoms with E-state index in [0.717, 1.165) is 41.3 Å². The number of carbonyl (C=O) groups excluding carboxylic acids is 1. The summed E-state index contributed by atoms with van der Waals surface area (Å²) >= 11 is 0. The van der Waals surface area contributed by atoms with Gasteiger partial charge in [-0.3, -0.25) is 13.9 Å². The van der Waals surface area contributed by atoms with Gasteiger partial charge in [0.15, 0.2) is 0 Å². The summed E-state index contributed by atoms with van der Waals surface area (Å²) in [4.78, 5) is 12.3. The second-order valence-electron chi connectivity index (χ2n) is 9.24. The van der Waals surface area contributed by atoms with E-state index in [9.17, 15) is 32.9 Å². The molecule has 2 aromatic carbocycles. The van der Waals surface area contributed by atoms with Crippen molar-refractivity contribution in [2.75, 3.05) is 12.3 Å². The first-order valence-electron chi connectivity index (χ1n) is 11.6. The third kappa shape index (κ3) is 7.96. The molecular formula is C25H34F2N2O5S. The molecule has 1 unspecified atom stereocenters. The van der Waals surface area contributed by atoms with E-state index in [0.29, 0.717) is 0 Å². The number of rotatable bonds is 10. The van der Waals surface area contributed by atoms with Crippen molar-refractivity contribution in [3.05, 3.63) is 70.3 Å². The third-order valence-electron chi connectivity index (χ3n) is 6.06. The highest BCUT2D eigenvalue weighted by molar-refractivity contribution is 8.23. The molecular weight excluding hydrogens is 478 g/mol.